The van der Waals surface area contributed by atoms with Crippen molar-refractivity contribution >= 4 is 10.9 Å². The molecule has 1 aromatic heterocycles. The summed E-state index contributed by atoms with van der Waals surface area (Å²) < 4.78 is 0.225. The van der Waals surface area contributed by atoms with Crippen LogP contribution in [-0.2, 0) is 5.21 Å². The monoisotopic (exact) mass is 161 g/mol. The number of hydrogen-bond acceptors (Lipinski definition) is 2. The molecule has 2 aromatic rings. The van der Waals surface area contributed by atoms with Gasteiger partial charge in [-0.3, -0.25) is 4.79 Å². The van der Waals surface area contributed by atoms with Crippen molar-refractivity contribution in [1.29, 1.82) is 0 Å². The van der Waals surface area contributed by atoms with Crippen molar-refractivity contribution in [3.8, 4) is 0 Å². The van der Waals surface area contributed by atoms with E-state index in [2.05, 4.69) is 4.98 Å². The summed E-state index contributed by atoms with van der Waals surface area (Å²) in [6, 6.07) is 6.74. The molecule has 0 aliphatic carbocycles. The SMILES string of the molecule is [O]n1cnc2ccccc2c1=O. The van der Waals surface area contributed by atoms with Gasteiger partial charge in [-0.1, -0.05) is 16.9 Å². The Hall–Kier alpha value is -1.84. The second-order valence-electron chi connectivity index (χ2n) is 2.39. The van der Waals surface area contributed by atoms with Crippen LogP contribution in [0.15, 0.2) is 35.4 Å². The average molecular weight is 161 g/mol. The minimum Gasteiger partial charge on any atom is -0.265 e. The van der Waals surface area contributed by atoms with Gasteiger partial charge < -0.3 is 0 Å². The molecule has 1 aromatic carbocycles. The van der Waals surface area contributed by atoms with Gasteiger partial charge in [0, 0.05) is 0 Å². The zero-order chi connectivity index (χ0) is 8.55. The van der Waals surface area contributed by atoms with E-state index in [-0.39, 0.29) is 4.73 Å². The van der Waals surface area contributed by atoms with E-state index in [9.17, 15) is 10.0 Å². The minimum atomic E-state index is -0.555. The van der Waals surface area contributed by atoms with Gasteiger partial charge in [0.1, 0.15) is 6.33 Å². The van der Waals surface area contributed by atoms with E-state index in [0.29, 0.717) is 10.9 Å². The Morgan fingerprint density at radius 1 is 1.25 bits per heavy atom. The van der Waals surface area contributed by atoms with Crippen LogP contribution in [0.4, 0.5) is 0 Å². The van der Waals surface area contributed by atoms with E-state index in [1.807, 2.05) is 0 Å². The molecule has 0 saturated heterocycles. The number of nitrogens with zero attached hydrogens (tertiary/aromatic N) is 2. The average Bonchev–Trinajstić information content (AvgIpc) is 2.12. The topological polar surface area (TPSA) is 54.8 Å². The molecule has 0 bridgehead atoms. The van der Waals surface area contributed by atoms with Crippen LogP contribution in [0.5, 0.6) is 0 Å². The summed E-state index contributed by atoms with van der Waals surface area (Å²) in [5.41, 5.74) is -0.00444. The molecular weight excluding hydrogens is 156 g/mol. The van der Waals surface area contributed by atoms with Crippen molar-refractivity contribution < 1.29 is 5.21 Å². The third kappa shape index (κ3) is 0.852. The van der Waals surface area contributed by atoms with E-state index >= 15 is 0 Å². The summed E-state index contributed by atoms with van der Waals surface area (Å²) in [5.74, 6) is 0. The van der Waals surface area contributed by atoms with Crippen molar-refractivity contribution in [3.63, 3.8) is 0 Å². The Bertz CT molecular complexity index is 476. The molecule has 1 heterocycles. The molecule has 2 rings (SSSR count). The summed E-state index contributed by atoms with van der Waals surface area (Å²) in [6.45, 7) is 0. The van der Waals surface area contributed by atoms with Gasteiger partial charge in [0.2, 0.25) is 0 Å². The first-order chi connectivity index (χ1) is 5.79. The van der Waals surface area contributed by atoms with E-state index in [1.54, 1.807) is 24.3 Å². The number of rotatable bonds is 0. The van der Waals surface area contributed by atoms with Gasteiger partial charge in [0.05, 0.1) is 10.9 Å². The molecule has 0 aliphatic heterocycles. The quantitative estimate of drug-likeness (QED) is 0.567. The fraction of sp³-hybridized carbons (Fsp3) is 0. The Kier molecular flexibility index (Phi) is 1.33. The van der Waals surface area contributed by atoms with Gasteiger partial charge in [-0.15, -0.1) is 0 Å². The molecular formula is C8H5N2O2. The third-order valence-electron chi connectivity index (χ3n) is 1.64. The normalized spacial score (nSPS) is 10.3. The van der Waals surface area contributed by atoms with Crippen LogP contribution >= 0.6 is 0 Å². The maximum atomic E-state index is 11.1. The summed E-state index contributed by atoms with van der Waals surface area (Å²) >= 11 is 0. The molecule has 4 heteroatoms. The zero-order valence-corrected chi connectivity index (χ0v) is 6.10. The van der Waals surface area contributed by atoms with E-state index in [4.69, 9.17) is 0 Å². The third-order valence-corrected chi connectivity index (χ3v) is 1.64. The number of benzene rings is 1. The van der Waals surface area contributed by atoms with Crippen molar-refractivity contribution in [2.45, 2.75) is 0 Å². The Morgan fingerprint density at radius 2 is 2.00 bits per heavy atom. The first-order valence-corrected chi connectivity index (χ1v) is 3.43. The Balaban J connectivity index is 3.01. The molecule has 0 aliphatic rings. The predicted molar refractivity (Wildman–Crippen MR) is 42.1 cm³/mol. The van der Waals surface area contributed by atoms with Crippen LogP contribution in [-0.4, -0.2) is 9.71 Å². The molecule has 59 valence electrons. The second-order valence-corrected chi connectivity index (χ2v) is 2.39. The smallest absolute Gasteiger partial charge is 0.265 e. The van der Waals surface area contributed by atoms with E-state index < -0.39 is 5.56 Å². The molecule has 0 amide bonds. The van der Waals surface area contributed by atoms with Crippen LogP contribution in [0.1, 0.15) is 0 Å². The van der Waals surface area contributed by atoms with Gasteiger partial charge in [0.15, 0.2) is 0 Å². The van der Waals surface area contributed by atoms with Crippen LogP contribution in [0.3, 0.4) is 0 Å². The molecule has 1 radical (unpaired) electrons. The molecule has 0 atom stereocenters. The molecule has 0 unspecified atom stereocenters. The zero-order valence-electron chi connectivity index (χ0n) is 6.10. The lowest BCUT2D eigenvalue weighted by atomic mass is 10.2. The van der Waals surface area contributed by atoms with Gasteiger partial charge in [-0.05, 0) is 12.1 Å². The number of hydrogen-bond donors (Lipinski definition) is 0. The van der Waals surface area contributed by atoms with Crippen LogP contribution < -0.4 is 5.56 Å². The Morgan fingerprint density at radius 3 is 2.83 bits per heavy atom. The Labute approximate surface area is 67.7 Å². The fourth-order valence-electron chi connectivity index (χ4n) is 1.05. The number of aromatic nitrogens is 2. The van der Waals surface area contributed by atoms with E-state index in [0.717, 1.165) is 6.33 Å². The summed E-state index contributed by atoms with van der Waals surface area (Å²) in [7, 11) is 0. The lowest BCUT2D eigenvalue weighted by Crippen LogP contribution is -2.16. The maximum absolute atomic E-state index is 11.1. The lowest BCUT2D eigenvalue weighted by Gasteiger charge is -1.94. The molecule has 0 N–H and O–H groups in total. The van der Waals surface area contributed by atoms with E-state index in [1.165, 1.54) is 0 Å². The molecule has 0 fully saturated rings. The largest absolute Gasteiger partial charge is 0.298 e. The van der Waals surface area contributed by atoms with Crippen molar-refractivity contribution in [2.24, 2.45) is 0 Å². The van der Waals surface area contributed by atoms with Crippen LogP contribution in [0.25, 0.3) is 10.9 Å². The highest BCUT2D eigenvalue weighted by Gasteiger charge is 2.01. The molecule has 0 saturated carbocycles. The van der Waals surface area contributed by atoms with Crippen molar-refractivity contribution in [1.82, 2.24) is 9.71 Å². The number of fused-ring (bicyclic) bond motifs is 1. The molecule has 4 nitrogen and oxygen atoms in total. The highest BCUT2D eigenvalue weighted by Crippen LogP contribution is 2.03. The summed E-state index contributed by atoms with van der Waals surface area (Å²) in [6.07, 6.45) is 0.977. The summed E-state index contributed by atoms with van der Waals surface area (Å²) in [4.78, 5) is 14.9. The van der Waals surface area contributed by atoms with Gasteiger partial charge in [0.25, 0.3) is 5.56 Å². The second kappa shape index (κ2) is 2.34. The fourth-order valence-corrected chi connectivity index (χ4v) is 1.05. The predicted octanol–water partition coefficient (Wildman–Crippen LogP) is 0.590. The van der Waals surface area contributed by atoms with Crippen LogP contribution in [0.2, 0.25) is 0 Å². The molecule has 0 spiro atoms. The first kappa shape index (κ1) is 6.84. The first-order valence-electron chi connectivity index (χ1n) is 3.43. The van der Waals surface area contributed by atoms with Crippen molar-refractivity contribution in [2.75, 3.05) is 0 Å². The van der Waals surface area contributed by atoms with Gasteiger partial charge in [-0.25, -0.2) is 4.98 Å². The van der Waals surface area contributed by atoms with Crippen molar-refractivity contribution in [3.05, 3.63) is 40.9 Å². The van der Waals surface area contributed by atoms with Gasteiger partial charge >= 0.3 is 0 Å². The highest BCUT2D eigenvalue weighted by molar-refractivity contribution is 5.76. The van der Waals surface area contributed by atoms with Crippen LogP contribution in [0, 0.1) is 0 Å². The number of para-hydroxylation sites is 1. The maximum Gasteiger partial charge on any atom is 0.298 e. The minimum absolute atomic E-state index is 0.225. The lowest BCUT2D eigenvalue weighted by molar-refractivity contribution is 0.0799. The molecule has 12 heavy (non-hydrogen) atoms. The highest BCUT2D eigenvalue weighted by atomic mass is 16.5. The van der Waals surface area contributed by atoms with Gasteiger partial charge in [-0.2, -0.15) is 5.21 Å². The standard InChI is InChI=1S/C8H5N2O2/c11-8-6-3-1-2-4-7(6)9-5-10(8)12/h1-5H. The summed E-state index contributed by atoms with van der Waals surface area (Å²) in [5, 5.41) is 11.1.